The highest BCUT2D eigenvalue weighted by molar-refractivity contribution is 5.87. The summed E-state index contributed by atoms with van der Waals surface area (Å²) in [5.74, 6) is 0.196. The minimum absolute atomic E-state index is 0.0575. The van der Waals surface area contributed by atoms with E-state index in [4.69, 9.17) is 0 Å². The van der Waals surface area contributed by atoms with Crippen molar-refractivity contribution in [1.29, 1.82) is 0 Å². The summed E-state index contributed by atoms with van der Waals surface area (Å²) in [6, 6.07) is 64.6. The molecule has 11 rings (SSSR count). The smallest absolute Gasteiger partial charge is 0.0502 e. The van der Waals surface area contributed by atoms with Gasteiger partial charge < -0.3 is 9.80 Å². The number of nitrogens with zero attached hydrogens (tertiary/aromatic N) is 2. The average Bonchev–Trinajstić information content (AvgIpc) is 3.29. The molecule has 0 atom stereocenters. The molecule has 63 heavy (non-hydrogen) atoms. The highest BCUT2D eigenvalue weighted by Gasteiger charge is 2.40. The third-order valence-corrected chi connectivity index (χ3v) is 15.1. The maximum absolute atomic E-state index is 2.44. The van der Waals surface area contributed by atoms with Gasteiger partial charge in [0.1, 0.15) is 0 Å². The zero-order chi connectivity index (χ0) is 43.6. The van der Waals surface area contributed by atoms with Gasteiger partial charge in [0.15, 0.2) is 0 Å². The Bertz CT molecular complexity index is 3020. The van der Waals surface area contributed by atoms with Crippen molar-refractivity contribution >= 4 is 28.4 Å². The molecule has 0 unspecified atom stereocenters. The summed E-state index contributed by atoms with van der Waals surface area (Å²) in [4.78, 5) is 4.81. The van der Waals surface area contributed by atoms with Gasteiger partial charge >= 0.3 is 0 Å². The molecule has 0 bridgehead atoms. The van der Waals surface area contributed by atoms with Crippen LogP contribution in [0.4, 0.5) is 28.4 Å². The molecular weight excluding hydrogens is 761 g/mol. The number of anilines is 5. The van der Waals surface area contributed by atoms with E-state index in [1.165, 1.54) is 112 Å². The van der Waals surface area contributed by atoms with Crippen LogP contribution >= 0.6 is 0 Å². The lowest BCUT2D eigenvalue weighted by atomic mass is 9.63. The Balaban J connectivity index is 0.916. The molecular formula is C61H56N2. The Labute approximate surface area is 374 Å². The van der Waals surface area contributed by atoms with E-state index in [1.807, 2.05) is 0 Å². The minimum Gasteiger partial charge on any atom is -0.344 e. The Morgan fingerprint density at radius 2 is 0.778 bits per heavy atom. The first kappa shape index (κ1) is 39.2. The lowest BCUT2D eigenvalue weighted by Crippen LogP contribution is -2.31. The number of hydrogen-bond acceptors (Lipinski definition) is 2. The van der Waals surface area contributed by atoms with Gasteiger partial charge in [0, 0.05) is 46.3 Å². The number of benzene rings is 8. The first-order valence-corrected chi connectivity index (χ1v) is 22.7. The van der Waals surface area contributed by atoms with Gasteiger partial charge in [0.2, 0.25) is 0 Å². The Hall–Kier alpha value is -6.64. The molecule has 0 saturated heterocycles. The molecule has 2 heteroatoms. The Kier molecular flexibility index (Phi) is 8.67. The number of rotatable bonds is 4. The first-order chi connectivity index (χ1) is 30.2. The van der Waals surface area contributed by atoms with Crippen molar-refractivity contribution in [3.05, 3.63) is 231 Å². The van der Waals surface area contributed by atoms with E-state index in [0.717, 1.165) is 0 Å². The molecule has 0 saturated carbocycles. The van der Waals surface area contributed by atoms with E-state index in [1.54, 1.807) is 0 Å². The molecule has 2 aliphatic heterocycles. The number of hydrogen-bond donors (Lipinski definition) is 0. The van der Waals surface area contributed by atoms with Crippen LogP contribution < -0.4 is 9.80 Å². The summed E-state index contributed by atoms with van der Waals surface area (Å²) >= 11 is 0. The fourth-order valence-corrected chi connectivity index (χ4v) is 11.5. The van der Waals surface area contributed by atoms with E-state index >= 15 is 0 Å². The molecule has 2 heterocycles. The van der Waals surface area contributed by atoms with Crippen molar-refractivity contribution in [3.8, 4) is 22.3 Å². The lowest BCUT2D eigenvalue weighted by molar-refractivity contribution is 0.596. The zero-order valence-corrected chi connectivity index (χ0v) is 38.1. The fourth-order valence-electron chi connectivity index (χ4n) is 11.5. The topological polar surface area (TPSA) is 6.48 Å². The maximum Gasteiger partial charge on any atom is 0.0502 e. The van der Waals surface area contributed by atoms with Crippen molar-refractivity contribution in [2.24, 2.45) is 0 Å². The van der Waals surface area contributed by atoms with Gasteiger partial charge in [-0.1, -0.05) is 174 Å². The van der Waals surface area contributed by atoms with Gasteiger partial charge in [-0.05, 0) is 135 Å². The largest absolute Gasteiger partial charge is 0.344 e. The summed E-state index contributed by atoms with van der Waals surface area (Å²) in [7, 11) is 2.22. The van der Waals surface area contributed by atoms with Crippen LogP contribution in [-0.4, -0.2) is 7.05 Å². The van der Waals surface area contributed by atoms with Gasteiger partial charge in [-0.15, -0.1) is 0 Å². The van der Waals surface area contributed by atoms with Gasteiger partial charge in [0.25, 0.3) is 0 Å². The van der Waals surface area contributed by atoms with Crippen molar-refractivity contribution in [2.45, 2.75) is 77.6 Å². The average molecular weight is 817 g/mol. The van der Waals surface area contributed by atoms with Crippen LogP contribution in [0.1, 0.15) is 109 Å². The van der Waals surface area contributed by atoms with Crippen LogP contribution in [0, 0.1) is 13.8 Å². The van der Waals surface area contributed by atoms with Crippen LogP contribution in [0.25, 0.3) is 22.3 Å². The molecule has 8 aromatic rings. The van der Waals surface area contributed by atoms with E-state index < -0.39 is 0 Å². The number of para-hydroxylation sites is 2. The van der Waals surface area contributed by atoms with Crippen molar-refractivity contribution in [1.82, 2.24) is 0 Å². The molecule has 0 N–H and O–H groups in total. The maximum atomic E-state index is 2.44. The zero-order valence-electron chi connectivity index (χ0n) is 38.1. The van der Waals surface area contributed by atoms with Gasteiger partial charge in [0.05, 0.1) is 11.4 Å². The van der Waals surface area contributed by atoms with Crippen LogP contribution in [0.3, 0.4) is 0 Å². The van der Waals surface area contributed by atoms with Gasteiger partial charge in [-0.3, -0.25) is 0 Å². The summed E-state index contributed by atoms with van der Waals surface area (Å²) in [5.41, 5.74) is 25.9. The second-order valence-electron chi connectivity index (χ2n) is 20.1. The molecule has 8 aromatic carbocycles. The lowest BCUT2D eigenvalue weighted by Gasteiger charge is -2.42. The van der Waals surface area contributed by atoms with E-state index in [-0.39, 0.29) is 22.2 Å². The van der Waals surface area contributed by atoms with Crippen molar-refractivity contribution in [2.75, 3.05) is 16.8 Å². The van der Waals surface area contributed by atoms with Gasteiger partial charge in [-0.25, -0.2) is 0 Å². The molecule has 2 nitrogen and oxygen atoms in total. The molecule has 0 aromatic heterocycles. The second kappa shape index (κ2) is 13.9. The molecule has 310 valence electrons. The normalized spacial score (nSPS) is 16.3. The predicted octanol–water partition coefficient (Wildman–Crippen LogP) is 16.0. The van der Waals surface area contributed by atoms with Crippen molar-refractivity contribution < 1.29 is 0 Å². The van der Waals surface area contributed by atoms with E-state index in [9.17, 15) is 0 Å². The monoisotopic (exact) mass is 816 g/mol. The standard InChI is InChI=1S/C61H56N2/c1-38-18-30-46-50(34-38)60(5,6)51-35-39(2)19-31-47(51)58(46)42-22-20-40(21-23-42)43-26-32-54-52(36-43)61(7,8)53-37-44(27-33-55(53)62(54)9)41-24-28-45(29-25-41)63-56-16-12-10-14-48(56)59(3,4)49-15-11-13-17-57(49)63/h10-37,58H,1-9H3. The summed E-state index contributed by atoms with van der Waals surface area (Å²) in [6.07, 6.45) is 0. The number of aryl methyl sites for hydroxylation is 2. The SMILES string of the molecule is Cc1ccc2c(c1)C(C)(C)c1cc(C)ccc1C2c1ccc(-c2ccc3c(c2)C(C)(C)c2cc(-c4ccc(N5c6ccccc6C(C)(C)c6ccccc65)cc4)ccc2N3C)cc1. The molecule has 0 radical (unpaired) electrons. The van der Waals surface area contributed by atoms with Gasteiger partial charge in [-0.2, -0.15) is 0 Å². The molecule has 0 fully saturated rings. The second-order valence-corrected chi connectivity index (χ2v) is 20.1. The van der Waals surface area contributed by atoms with Crippen molar-refractivity contribution in [3.63, 3.8) is 0 Å². The number of fused-ring (bicyclic) bond motifs is 6. The van der Waals surface area contributed by atoms with Crippen LogP contribution in [0.2, 0.25) is 0 Å². The molecule has 0 spiro atoms. The van der Waals surface area contributed by atoms with Crippen LogP contribution in [0.15, 0.2) is 170 Å². The highest BCUT2D eigenvalue weighted by Crippen LogP contribution is 2.54. The van der Waals surface area contributed by atoms with Crippen LogP contribution in [0.5, 0.6) is 0 Å². The molecule has 3 aliphatic rings. The first-order valence-electron chi connectivity index (χ1n) is 22.7. The summed E-state index contributed by atoms with van der Waals surface area (Å²) < 4.78 is 0. The quantitative estimate of drug-likeness (QED) is 0.175. The van der Waals surface area contributed by atoms with E-state index in [2.05, 4.69) is 242 Å². The third-order valence-electron chi connectivity index (χ3n) is 15.1. The third kappa shape index (κ3) is 5.91. The van der Waals surface area contributed by atoms with Crippen LogP contribution in [-0.2, 0) is 16.2 Å². The minimum atomic E-state index is -0.213. The molecule has 0 amide bonds. The Morgan fingerprint density at radius 3 is 1.27 bits per heavy atom. The molecule has 1 aliphatic carbocycles. The predicted molar refractivity (Wildman–Crippen MR) is 266 cm³/mol. The summed E-state index contributed by atoms with van der Waals surface area (Å²) in [5, 5.41) is 0. The van der Waals surface area contributed by atoms with E-state index in [0.29, 0.717) is 0 Å². The Morgan fingerprint density at radius 1 is 0.365 bits per heavy atom. The highest BCUT2D eigenvalue weighted by atomic mass is 15.2. The fraction of sp³-hybridized carbons (Fsp3) is 0.213. The summed E-state index contributed by atoms with van der Waals surface area (Å²) in [6.45, 7) is 18.7.